The Balaban J connectivity index is 1.54. The first-order valence-electron chi connectivity index (χ1n) is 8.20. The third-order valence-corrected chi connectivity index (χ3v) is 4.70. The van der Waals surface area contributed by atoms with E-state index < -0.39 is 6.61 Å². The van der Waals surface area contributed by atoms with Crippen molar-refractivity contribution in [2.75, 3.05) is 26.2 Å². The maximum atomic E-state index is 12.9. The highest BCUT2D eigenvalue weighted by molar-refractivity contribution is 5.77. The summed E-state index contributed by atoms with van der Waals surface area (Å²) in [6, 6.07) is 6.57. The maximum absolute atomic E-state index is 12.9. The van der Waals surface area contributed by atoms with Crippen LogP contribution in [0.4, 0.5) is 4.39 Å². The summed E-state index contributed by atoms with van der Waals surface area (Å²) < 4.78 is 12.9. The quantitative estimate of drug-likeness (QED) is 0.839. The molecule has 0 unspecified atom stereocenters. The van der Waals surface area contributed by atoms with Gasteiger partial charge in [-0.1, -0.05) is 24.3 Å². The molecule has 2 aliphatic rings. The summed E-state index contributed by atoms with van der Waals surface area (Å²) in [5, 5.41) is 11.9. The number of benzene rings is 1. The highest BCUT2D eigenvalue weighted by Crippen LogP contribution is 2.41. The zero-order valence-electron chi connectivity index (χ0n) is 13.1. The van der Waals surface area contributed by atoms with Crippen LogP contribution in [0.1, 0.15) is 18.4 Å². The minimum absolute atomic E-state index is 0.140. The van der Waals surface area contributed by atoms with Gasteiger partial charge in [-0.05, 0) is 42.4 Å². The third kappa shape index (κ3) is 4.39. The molecule has 124 valence electrons. The maximum Gasteiger partial charge on any atom is 0.245 e. The highest BCUT2D eigenvalue weighted by atomic mass is 19.1. The number of aliphatic hydroxyl groups is 1. The van der Waals surface area contributed by atoms with E-state index in [1.807, 2.05) is 6.08 Å². The van der Waals surface area contributed by atoms with Crippen molar-refractivity contribution in [3.63, 3.8) is 0 Å². The van der Waals surface area contributed by atoms with Crippen molar-refractivity contribution in [1.82, 2.24) is 10.2 Å². The Morgan fingerprint density at radius 3 is 2.70 bits per heavy atom. The fourth-order valence-corrected chi connectivity index (χ4v) is 3.38. The summed E-state index contributed by atoms with van der Waals surface area (Å²) in [5.41, 5.74) is 0.981. The Labute approximate surface area is 136 Å². The molecule has 2 atom stereocenters. The van der Waals surface area contributed by atoms with Crippen LogP contribution >= 0.6 is 0 Å². The fraction of sp³-hybridized carbons (Fsp3) is 0.500. The summed E-state index contributed by atoms with van der Waals surface area (Å²) in [4.78, 5) is 13.8. The van der Waals surface area contributed by atoms with Crippen molar-refractivity contribution in [3.05, 3.63) is 41.7 Å². The molecule has 2 fully saturated rings. The molecular formula is C18H23FN2O2. The van der Waals surface area contributed by atoms with Gasteiger partial charge in [0.25, 0.3) is 0 Å². The van der Waals surface area contributed by atoms with Crippen LogP contribution in [0.2, 0.25) is 0 Å². The van der Waals surface area contributed by atoms with Gasteiger partial charge in [0.15, 0.2) is 0 Å². The van der Waals surface area contributed by atoms with Crippen LogP contribution in [0.3, 0.4) is 0 Å². The van der Waals surface area contributed by atoms with Crippen molar-refractivity contribution in [2.24, 2.45) is 11.8 Å². The summed E-state index contributed by atoms with van der Waals surface area (Å²) >= 11 is 0. The Morgan fingerprint density at radius 1 is 1.30 bits per heavy atom. The van der Waals surface area contributed by atoms with Crippen LogP contribution in [0.5, 0.6) is 0 Å². The lowest BCUT2D eigenvalue weighted by Gasteiger charge is -2.18. The number of aliphatic hydroxyl groups excluding tert-OH is 1. The van der Waals surface area contributed by atoms with Crippen molar-refractivity contribution < 1.29 is 14.3 Å². The zero-order chi connectivity index (χ0) is 16.2. The molecule has 1 saturated heterocycles. The van der Waals surface area contributed by atoms with E-state index in [4.69, 9.17) is 5.11 Å². The molecule has 23 heavy (non-hydrogen) atoms. The second kappa shape index (κ2) is 7.23. The van der Waals surface area contributed by atoms with Crippen LogP contribution in [0, 0.1) is 17.7 Å². The molecular weight excluding hydrogens is 295 g/mol. The van der Waals surface area contributed by atoms with Gasteiger partial charge in [-0.25, -0.2) is 4.39 Å². The molecule has 1 saturated carbocycles. The topological polar surface area (TPSA) is 52.6 Å². The van der Waals surface area contributed by atoms with E-state index >= 15 is 0 Å². The molecule has 4 nitrogen and oxygen atoms in total. The third-order valence-electron chi connectivity index (χ3n) is 4.70. The first kappa shape index (κ1) is 16.1. The number of carbonyl (C=O) groups is 1. The van der Waals surface area contributed by atoms with E-state index in [0.29, 0.717) is 11.8 Å². The normalized spacial score (nSPS) is 25.1. The summed E-state index contributed by atoms with van der Waals surface area (Å²) in [6.45, 7) is 2.17. The summed E-state index contributed by atoms with van der Waals surface area (Å²) in [6.07, 6.45) is 6.56. The second-order valence-electron chi connectivity index (χ2n) is 6.51. The molecule has 0 aromatic heterocycles. The minimum atomic E-state index is -0.446. The Hall–Kier alpha value is -1.72. The average Bonchev–Trinajstić information content (AvgIpc) is 3.32. The zero-order valence-corrected chi connectivity index (χ0v) is 13.1. The minimum Gasteiger partial charge on any atom is -0.387 e. The van der Waals surface area contributed by atoms with Gasteiger partial charge in [-0.3, -0.25) is 9.69 Å². The van der Waals surface area contributed by atoms with Crippen molar-refractivity contribution in [2.45, 2.75) is 18.9 Å². The predicted molar refractivity (Wildman–Crippen MR) is 87.1 cm³/mol. The molecule has 1 amide bonds. The molecule has 1 aliphatic carbocycles. The second-order valence-corrected chi connectivity index (χ2v) is 6.51. The van der Waals surface area contributed by atoms with E-state index in [9.17, 15) is 9.18 Å². The van der Waals surface area contributed by atoms with Crippen LogP contribution in [-0.2, 0) is 4.79 Å². The molecule has 3 rings (SSSR count). The first-order valence-corrected chi connectivity index (χ1v) is 8.20. The number of amides is 1. The number of likely N-dealkylation sites (tertiary alicyclic amines) is 1. The fourth-order valence-electron chi connectivity index (χ4n) is 3.38. The first-order chi connectivity index (χ1) is 11.2. The average molecular weight is 318 g/mol. The van der Waals surface area contributed by atoms with E-state index in [0.717, 1.165) is 25.2 Å². The monoisotopic (exact) mass is 318 g/mol. The van der Waals surface area contributed by atoms with Gasteiger partial charge < -0.3 is 10.4 Å². The molecule has 1 heterocycles. The van der Waals surface area contributed by atoms with E-state index in [-0.39, 0.29) is 17.8 Å². The van der Waals surface area contributed by atoms with Gasteiger partial charge in [0.2, 0.25) is 5.91 Å². The van der Waals surface area contributed by atoms with Gasteiger partial charge in [-0.15, -0.1) is 0 Å². The molecule has 1 aromatic rings. The molecule has 1 aromatic carbocycles. The number of carbonyl (C=O) groups excluding carboxylic acids is 1. The predicted octanol–water partition coefficient (Wildman–Crippen LogP) is 1.66. The lowest BCUT2D eigenvalue weighted by atomic mass is 9.98. The van der Waals surface area contributed by atoms with Crippen molar-refractivity contribution in [3.8, 4) is 0 Å². The molecule has 1 aliphatic heterocycles. The molecule has 2 N–H and O–H groups in total. The summed E-state index contributed by atoms with van der Waals surface area (Å²) in [5.74, 6) is 0.690. The number of halogens is 1. The smallest absolute Gasteiger partial charge is 0.245 e. The molecule has 0 radical (unpaired) electrons. The number of hydrogen-bond donors (Lipinski definition) is 2. The number of hydrogen-bond acceptors (Lipinski definition) is 3. The summed E-state index contributed by atoms with van der Waals surface area (Å²) in [7, 11) is 0. The highest BCUT2D eigenvalue weighted by Gasteiger charge is 2.42. The molecule has 0 bridgehead atoms. The number of nitrogens with zero attached hydrogens (tertiary/aromatic N) is 1. The lowest BCUT2D eigenvalue weighted by molar-refractivity contribution is -0.124. The Bertz CT molecular complexity index is 569. The Kier molecular flexibility index (Phi) is 5.08. The van der Waals surface area contributed by atoms with Gasteiger partial charge in [0, 0.05) is 25.7 Å². The van der Waals surface area contributed by atoms with Crippen LogP contribution in [0.15, 0.2) is 30.3 Å². The van der Waals surface area contributed by atoms with Crippen molar-refractivity contribution >= 4 is 12.0 Å². The molecule has 5 heteroatoms. The van der Waals surface area contributed by atoms with Gasteiger partial charge in [-0.2, -0.15) is 0 Å². The number of nitrogens with one attached hydrogen (secondary N) is 1. The Morgan fingerprint density at radius 2 is 2.04 bits per heavy atom. The van der Waals surface area contributed by atoms with Gasteiger partial charge in [0.1, 0.15) is 12.4 Å². The number of rotatable bonds is 6. The van der Waals surface area contributed by atoms with Crippen LogP contribution in [0.25, 0.3) is 6.08 Å². The van der Waals surface area contributed by atoms with E-state index in [1.54, 1.807) is 12.1 Å². The molecule has 0 spiro atoms. The van der Waals surface area contributed by atoms with Gasteiger partial charge >= 0.3 is 0 Å². The van der Waals surface area contributed by atoms with Crippen molar-refractivity contribution in [1.29, 1.82) is 0 Å². The van der Waals surface area contributed by atoms with Gasteiger partial charge in [0.05, 0.1) is 0 Å². The SMILES string of the molecule is O=C(CO)N[C@H]1CN(C/C=C/c2ccc(F)cc2)C[C@@H]1C1CC1. The largest absolute Gasteiger partial charge is 0.387 e. The van der Waals surface area contributed by atoms with Crippen LogP contribution < -0.4 is 5.32 Å². The van der Waals surface area contributed by atoms with Crippen LogP contribution in [-0.4, -0.2) is 48.2 Å². The standard InChI is InChI=1S/C18H23FN2O2/c19-15-7-3-13(4-8-15)2-1-9-21-10-16(14-5-6-14)17(11-21)20-18(23)12-22/h1-4,7-8,14,16-17,22H,5-6,9-12H2,(H,20,23)/b2-1+/t16-,17+/m1/s1. The van der Waals surface area contributed by atoms with E-state index in [1.165, 1.54) is 25.0 Å². The van der Waals surface area contributed by atoms with E-state index in [2.05, 4.69) is 16.3 Å². The lowest BCUT2D eigenvalue weighted by Crippen LogP contribution is -2.42.